The second-order valence-corrected chi connectivity index (χ2v) is 8.27. The van der Waals surface area contributed by atoms with E-state index in [-0.39, 0.29) is 0 Å². The Labute approximate surface area is 145 Å². The molecule has 118 valence electrons. The fraction of sp³-hybridized carbons (Fsp3) is 0.444. The highest BCUT2D eigenvalue weighted by atomic mass is 79.9. The number of halogens is 1. The Hall–Kier alpha value is -1.46. The quantitative estimate of drug-likeness (QED) is 0.492. The van der Waals surface area contributed by atoms with Crippen molar-refractivity contribution in [2.45, 2.75) is 31.8 Å². The highest BCUT2D eigenvalue weighted by Crippen LogP contribution is 2.52. The number of para-hydroxylation sites is 1. The normalized spacial score (nSPS) is 40.1. The molecule has 0 radical (unpaired) electrons. The summed E-state index contributed by atoms with van der Waals surface area (Å²) >= 11 is 4.11. The Kier molecular flexibility index (Phi) is 2.89. The third-order valence-corrected chi connectivity index (χ3v) is 7.09. The van der Waals surface area contributed by atoms with E-state index in [1.807, 2.05) is 0 Å². The van der Waals surface area contributed by atoms with Gasteiger partial charge in [-0.25, -0.2) is 0 Å². The van der Waals surface area contributed by atoms with E-state index in [2.05, 4.69) is 80.8 Å². The summed E-state index contributed by atoms with van der Waals surface area (Å²) in [6.45, 7) is 3.07. The van der Waals surface area contributed by atoms with Gasteiger partial charge in [-0.05, 0) is 12.3 Å². The first-order valence-corrected chi connectivity index (χ1v) is 9.09. The molecule has 5 heteroatoms. The maximum atomic E-state index is 4.45. The van der Waals surface area contributed by atoms with Gasteiger partial charge in [-0.1, -0.05) is 37.3 Å². The average molecular weight is 372 g/mol. The molecule has 23 heavy (non-hydrogen) atoms. The summed E-state index contributed by atoms with van der Waals surface area (Å²) in [5.41, 5.74) is 2.81. The highest BCUT2D eigenvalue weighted by Gasteiger charge is 2.56. The standard InChI is InChI=1S/C18H20BrN4/c1-12-5-4-7-14-18(12)16-9-13-6-2-3-8-15(13)23(16,19)10-17-21-20-11-22(14)17/h2-6,8,10,12,14,16,18H,7,9,11H2,1H3/q+1. The number of azo groups is 1. The third kappa shape index (κ3) is 1.81. The van der Waals surface area contributed by atoms with Crippen molar-refractivity contribution in [3.63, 3.8) is 0 Å². The molecule has 1 aromatic carbocycles. The first kappa shape index (κ1) is 13.9. The van der Waals surface area contributed by atoms with Gasteiger partial charge in [0.05, 0.1) is 0 Å². The van der Waals surface area contributed by atoms with E-state index in [0.29, 0.717) is 34.1 Å². The first-order chi connectivity index (χ1) is 11.2. The summed E-state index contributed by atoms with van der Waals surface area (Å²) in [6.07, 6.45) is 9.24. The van der Waals surface area contributed by atoms with Gasteiger partial charge in [-0.15, -0.1) is 5.11 Å². The number of fused-ring (bicyclic) bond motifs is 7. The van der Waals surface area contributed by atoms with Gasteiger partial charge in [0, 0.05) is 30.0 Å². The van der Waals surface area contributed by atoms with Gasteiger partial charge in [0.25, 0.3) is 0 Å². The van der Waals surface area contributed by atoms with Crippen LogP contribution in [0.1, 0.15) is 18.9 Å². The van der Waals surface area contributed by atoms with Crippen LogP contribution in [0.15, 0.2) is 58.7 Å². The Morgan fingerprint density at radius 3 is 3.09 bits per heavy atom. The SMILES string of the molecule is CC1C=CCC2C1C1Cc3ccccc3[N+]1(Br)C=C1N=NCN12. The second-order valence-electron chi connectivity index (χ2n) is 7.09. The Balaban J connectivity index is 1.73. The van der Waals surface area contributed by atoms with Crippen molar-refractivity contribution in [1.82, 2.24) is 8.41 Å². The number of hydrogen-bond donors (Lipinski definition) is 0. The van der Waals surface area contributed by atoms with Crippen molar-refractivity contribution < 1.29 is 0 Å². The van der Waals surface area contributed by atoms with E-state index < -0.39 is 0 Å². The van der Waals surface area contributed by atoms with Crippen LogP contribution >= 0.6 is 16.1 Å². The second kappa shape index (κ2) is 4.77. The van der Waals surface area contributed by atoms with Crippen molar-refractivity contribution >= 4 is 21.8 Å². The van der Waals surface area contributed by atoms with E-state index in [0.717, 1.165) is 18.7 Å². The fourth-order valence-electron chi connectivity index (χ4n) is 4.96. The molecule has 0 amide bonds. The molecule has 0 bridgehead atoms. The molecule has 0 fully saturated rings. The average Bonchev–Trinajstić information content (AvgIpc) is 3.09. The van der Waals surface area contributed by atoms with Gasteiger partial charge in [0.15, 0.2) is 11.9 Å². The van der Waals surface area contributed by atoms with E-state index in [4.69, 9.17) is 0 Å². The van der Waals surface area contributed by atoms with Crippen molar-refractivity contribution in [2.75, 3.05) is 6.67 Å². The number of quaternary nitrogens is 1. The Bertz CT molecular complexity index is 755. The molecule has 3 heterocycles. The van der Waals surface area contributed by atoms with E-state index >= 15 is 0 Å². The molecule has 5 rings (SSSR count). The number of rotatable bonds is 0. The molecular weight excluding hydrogens is 352 g/mol. The topological polar surface area (TPSA) is 28.0 Å². The monoisotopic (exact) mass is 371 g/mol. The van der Waals surface area contributed by atoms with Crippen molar-refractivity contribution in [2.24, 2.45) is 22.1 Å². The maximum absolute atomic E-state index is 4.45. The number of benzene rings is 1. The molecule has 0 aromatic heterocycles. The van der Waals surface area contributed by atoms with E-state index in [9.17, 15) is 0 Å². The zero-order valence-corrected chi connectivity index (χ0v) is 14.7. The van der Waals surface area contributed by atoms with E-state index in [1.165, 1.54) is 11.3 Å². The lowest BCUT2D eigenvalue weighted by Gasteiger charge is -2.41. The smallest absolute Gasteiger partial charge is 0.239 e. The minimum Gasteiger partial charge on any atom is -0.326 e. The summed E-state index contributed by atoms with van der Waals surface area (Å²) in [5.74, 6) is 2.18. The lowest BCUT2D eigenvalue weighted by Crippen LogP contribution is -2.52. The van der Waals surface area contributed by atoms with Crippen LogP contribution < -0.4 is 3.51 Å². The van der Waals surface area contributed by atoms with Crippen molar-refractivity contribution in [3.05, 3.63) is 54.0 Å². The molecule has 5 unspecified atom stereocenters. The molecular formula is C18H20BrN4+. The summed E-state index contributed by atoms with van der Waals surface area (Å²) in [6, 6.07) is 9.82. The molecule has 1 aliphatic carbocycles. The Morgan fingerprint density at radius 2 is 2.17 bits per heavy atom. The van der Waals surface area contributed by atoms with Crippen LogP contribution in [0.4, 0.5) is 5.69 Å². The molecule has 0 spiro atoms. The van der Waals surface area contributed by atoms with Crippen LogP contribution in [-0.4, -0.2) is 23.7 Å². The minimum absolute atomic E-state index is 0.494. The summed E-state index contributed by atoms with van der Waals surface area (Å²) in [7, 11) is 0. The number of hydrogen-bond acceptors (Lipinski definition) is 3. The molecule has 0 N–H and O–H groups in total. The molecule has 0 saturated carbocycles. The molecule has 4 aliphatic rings. The molecule has 5 atom stereocenters. The van der Waals surface area contributed by atoms with Crippen LogP contribution in [-0.2, 0) is 6.42 Å². The number of allylic oxidation sites excluding steroid dienone is 1. The van der Waals surface area contributed by atoms with Crippen LogP contribution in [0.25, 0.3) is 0 Å². The molecule has 4 nitrogen and oxygen atoms in total. The minimum atomic E-state index is 0.494. The van der Waals surface area contributed by atoms with Crippen LogP contribution in [0.2, 0.25) is 0 Å². The predicted octanol–water partition coefficient (Wildman–Crippen LogP) is 4.35. The lowest BCUT2D eigenvalue weighted by atomic mass is 9.75. The van der Waals surface area contributed by atoms with Gasteiger partial charge in [-0.2, -0.15) is 8.62 Å². The summed E-state index contributed by atoms with van der Waals surface area (Å²) in [5, 5.41) is 8.77. The van der Waals surface area contributed by atoms with Crippen molar-refractivity contribution in [1.29, 1.82) is 0 Å². The zero-order valence-electron chi connectivity index (χ0n) is 13.1. The predicted molar refractivity (Wildman–Crippen MR) is 94.5 cm³/mol. The van der Waals surface area contributed by atoms with Gasteiger partial charge in [0.2, 0.25) is 22.0 Å². The van der Waals surface area contributed by atoms with Gasteiger partial charge in [0.1, 0.15) is 12.7 Å². The largest absolute Gasteiger partial charge is 0.326 e. The third-order valence-electron chi connectivity index (χ3n) is 5.97. The van der Waals surface area contributed by atoms with Crippen molar-refractivity contribution in [3.8, 4) is 0 Å². The molecule has 0 saturated heterocycles. The zero-order chi connectivity index (χ0) is 15.6. The number of nitrogens with zero attached hydrogens (tertiary/aromatic N) is 4. The van der Waals surface area contributed by atoms with Gasteiger partial charge >= 0.3 is 0 Å². The van der Waals surface area contributed by atoms with Gasteiger partial charge < -0.3 is 4.90 Å². The highest BCUT2D eigenvalue weighted by molar-refractivity contribution is 9.08. The maximum Gasteiger partial charge on any atom is 0.239 e. The van der Waals surface area contributed by atoms with E-state index in [1.54, 1.807) is 0 Å². The lowest BCUT2D eigenvalue weighted by molar-refractivity contribution is 0.134. The van der Waals surface area contributed by atoms with Gasteiger partial charge in [-0.3, -0.25) is 0 Å². The van der Waals surface area contributed by atoms with Crippen LogP contribution in [0, 0.1) is 11.8 Å². The van der Waals surface area contributed by atoms with Crippen LogP contribution in [0.5, 0.6) is 0 Å². The summed E-state index contributed by atoms with van der Waals surface area (Å²) < 4.78 is 0.688. The summed E-state index contributed by atoms with van der Waals surface area (Å²) in [4.78, 5) is 2.41. The first-order valence-electron chi connectivity index (χ1n) is 8.39. The van der Waals surface area contributed by atoms with Crippen LogP contribution in [0.3, 0.4) is 0 Å². The fourth-order valence-corrected chi connectivity index (χ4v) is 5.91. The molecule has 1 aromatic rings. The molecule has 3 aliphatic heterocycles. The Morgan fingerprint density at radius 1 is 1.30 bits per heavy atom.